The van der Waals surface area contributed by atoms with Crippen LogP contribution in [0, 0.1) is 0 Å². The number of nitrogens with zero attached hydrogens (tertiary/aromatic N) is 1. The van der Waals surface area contributed by atoms with E-state index in [-0.39, 0.29) is 16.1 Å². The van der Waals surface area contributed by atoms with Crippen LogP contribution in [0.15, 0.2) is 18.2 Å². The first-order chi connectivity index (χ1) is 11.8. The monoisotopic (exact) mass is 374 g/mol. The number of amides is 1. The van der Waals surface area contributed by atoms with Crippen LogP contribution in [0.5, 0.6) is 0 Å². The molecule has 8 heteroatoms. The third-order valence-corrected chi connectivity index (χ3v) is 4.88. The maximum absolute atomic E-state index is 13.4. The van der Waals surface area contributed by atoms with Gasteiger partial charge in [0.25, 0.3) is 5.91 Å². The summed E-state index contributed by atoms with van der Waals surface area (Å²) in [6.07, 6.45) is -1.07. The van der Waals surface area contributed by atoms with Crippen LogP contribution in [0.25, 0.3) is 0 Å². The van der Waals surface area contributed by atoms with Gasteiger partial charge in [-0.25, -0.2) is 5.48 Å². The van der Waals surface area contributed by atoms with Crippen LogP contribution in [0.2, 0.25) is 0 Å². The molecule has 4 nitrogen and oxygen atoms in total. The Hall–Kier alpha value is -1.67. The number of carbonyl (C=O) groups excluding carboxylic acids is 1. The van der Waals surface area contributed by atoms with Gasteiger partial charge in [-0.1, -0.05) is 44.1 Å². The zero-order valence-electron chi connectivity index (χ0n) is 13.9. The van der Waals surface area contributed by atoms with Gasteiger partial charge in [-0.15, -0.1) is 0 Å². The number of nitrogens with one attached hydrogen (secondary N) is 1. The number of likely N-dealkylation sites (tertiary alicyclic amines) is 1. The molecule has 1 fully saturated rings. The molecular weight excluding hydrogens is 353 g/mol. The molecule has 1 amide bonds. The molecule has 1 aromatic carbocycles. The first-order valence-corrected chi connectivity index (χ1v) is 8.65. The predicted molar refractivity (Wildman–Crippen MR) is 91.4 cm³/mol. The Morgan fingerprint density at radius 1 is 1.40 bits per heavy atom. The van der Waals surface area contributed by atoms with Gasteiger partial charge in [-0.3, -0.25) is 10.0 Å². The van der Waals surface area contributed by atoms with Gasteiger partial charge in [0.1, 0.15) is 11.0 Å². The molecule has 1 aliphatic heterocycles. The van der Waals surface area contributed by atoms with Crippen LogP contribution in [-0.2, 0) is 17.4 Å². The number of alkyl halides is 3. The zero-order valence-corrected chi connectivity index (χ0v) is 14.7. The molecule has 1 saturated heterocycles. The third kappa shape index (κ3) is 4.49. The lowest BCUT2D eigenvalue weighted by atomic mass is 9.96. The molecule has 0 bridgehead atoms. The fourth-order valence-electron chi connectivity index (χ4n) is 2.90. The highest BCUT2D eigenvalue weighted by Gasteiger charge is 2.37. The van der Waals surface area contributed by atoms with Crippen LogP contribution in [0.1, 0.15) is 49.3 Å². The Kier molecular flexibility index (Phi) is 6.40. The number of benzene rings is 1. The molecule has 0 aromatic heterocycles. The van der Waals surface area contributed by atoms with Gasteiger partial charge in [0.05, 0.1) is 5.56 Å². The number of hydrogen-bond donors (Lipinski definition) is 2. The number of thiocarbonyl (C=S) groups is 1. The molecular formula is C17H21F3N2O2S. The molecule has 0 saturated carbocycles. The lowest BCUT2D eigenvalue weighted by molar-refractivity contribution is -0.138. The Morgan fingerprint density at radius 2 is 2.12 bits per heavy atom. The Labute approximate surface area is 150 Å². The average molecular weight is 374 g/mol. The van der Waals surface area contributed by atoms with Gasteiger partial charge in [-0.2, -0.15) is 13.2 Å². The quantitative estimate of drug-likeness (QED) is 0.345. The second-order valence-corrected chi connectivity index (χ2v) is 6.49. The highest BCUT2D eigenvalue weighted by molar-refractivity contribution is 7.80. The van der Waals surface area contributed by atoms with E-state index < -0.39 is 23.7 Å². The summed E-state index contributed by atoms with van der Waals surface area (Å²) in [6.45, 7) is 2.47. The van der Waals surface area contributed by atoms with E-state index in [9.17, 15) is 18.0 Å². The van der Waals surface area contributed by atoms with E-state index in [0.717, 1.165) is 18.9 Å². The number of halogens is 3. The molecule has 1 aromatic rings. The molecule has 25 heavy (non-hydrogen) atoms. The average Bonchev–Trinajstić information content (AvgIpc) is 2.53. The molecule has 0 radical (unpaired) electrons. The van der Waals surface area contributed by atoms with Crippen LogP contribution in [0.3, 0.4) is 0 Å². The molecule has 1 aliphatic rings. The number of hydroxylamine groups is 1. The van der Waals surface area contributed by atoms with Crippen LogP contribution in [-0.4, -0.2) is 33.6 Å². The van der Waals surface area contributed by atoms with E-state index in [0.29, 0.717) is 25.8 Å². The Morgan fingerprint density at radius 3 is 2.64 bits per heavy atom. The highest BCUT2D eigenvalue weighted by atomic mass is 32.1. The topological polar surface area (TPSA) is 52.6 Å². The second kappa shape index (κ2) is 8.14. The van der Waals surface area contributed by atoms with E-state index in [4.69, 9.17) is 17.4 Å². The van der Waals surface area contributed by atoms with Gasteiger partial charge >= 0.3 is 6.18 Å². The summed E-state index contributed by atoms with van der Waals surface area (Å²) >= 11 is 5.27. The van der Waals surface area contributed by atoms with Crippen LogP contribution < -0.4 is 5.48 Å². The number of hydrogen-bond acceptors (Lipinski definition) is 3. The van der Waals surface area contributed by atoms with Crippen molar-refractivity contribution in [1.29, 1.82) is 0 Å². The molecule has 0 unspecified atom stereocenters. The maximum atomic E-state index is 13.4. The summed E-state index contributed by atoms with van der Waals surface area (Å²) in [4.78, 5) is 13.2. The highest BCUT2D eigenvalue weighted by Crippen LogP contribution is 2.34. The number of carbonyl (C=O) groups is 1. The van der Waals surface area contributed by atoms with E-state index >= 15 is 0 Å². The lowest BCUT2D eigenvalue weighted by Gasteiger charge is -2.41. The fourth-order valence-corrected chi connectivity index (χ4v) is 3.25. The molecule has 138 valence electrons. The van der Waals surface area contributed by atoms with Crippen molar-refractivity contribution in [2.75, 3.05) is 6.54 Å². The number of aryl methyl sites for hydroxylation is 1. The fraction of sp³-hybridized carbons (Fsp3) is 0.529. The van der Waals surface area contributed by atoms with Gasteiger partial charge in [0.15, 0.2) is 0 Å². The Balaban J connectivity index is 2.24. The van der Waals surface area contributed by atoms with E-state index in [1.165, 1.54) is 11.0 Å². The number of rotatable bonds is 6. The molecule has 2 rings (SSSR count). The predicted octanol–water partition coefficient (Wildman–Crippen LogP) is 3.69. The van der Waals surface area contributed by atoms with E-state index in [1.807, 2.05) is 6.92 Å². The molecule has 1 atom stereocenters. The van der Waals surface area contributed by atoms with Crippen molar-refractivity contribution in [2.45, 2.75) is 51.2 Å². The summed E-state index contributed by atoms with van der Waals surface area (Å²) in [5.41, 5.74) is 1.41. The minimum absolute atomic E-state index is 0.186. The summed E-state index contributed by atoms with van der Waals surface area (Å²) in [5.74, 6) is -0.610. The summed E-state index contributed by atoms with van der Waals surface area (Å²) in [6, 6.07) is 3.47. The lowest BCUT2D eigenvalue weighted by Crippen LogP contribution is -2.57. The second-order valence-electron chi connectivity index (χ2n) is 6.11. The largest absolute Gasteiger partial charge is 0.416 e. The minimum atomic E-state index is -4.45. The normalized spacial score (nSPS) is 17.2. The van der Waals surface area contributed by atoms with Gasteiger partial charge in [-0.05, 0) is 30.9 Å². The van der Waals surface area contributed by atoms with Crippen molar-refractivity contribution in [1.82, 2.24) is 10.4 Å². The molecule has 1 heterocycles. The van der Waals surface area contributed by atoms with E-state index in [2.05, 4.69) is 0 Å². The van der Waals surface area contributed by atoms with Gasteiger partial charge in [0, 0.05) is 12.1 Å². The summed E-state index contributed by atoms with van der Waals surface area (Å²) in [7, 11) is 0. The van der Waals surface area contributed by atoms with Crippen LogP contribution >= 0.6 is 12.2 Å². The first kappa shape index (κ1) is 19.7. The summed E-state index contributed by atoms with van der Waals surface area (Å²) in [5, 5.41) is 8.71. The van der Waals surface area contributed by atoms with Crippen molar-refractivity contribution in [2.24, 2.45) is 0 Å². The first-order valence-electron chi connectivity index (χ1n) is 8.24. The summed E-state index contributed by atoms with van der Waals surface area (Å²) < 4.78 is 40.2. The van der Waals surface area contributed by atoms with E-state index in [1.54, 1.807) is 11.5 Å². The van der Waals surface area contributed by atoms with Gasteiger partial charge < -0.3 is 4.90 Å². The van der Waals surface area contributed by atoms with Crippen molar-refractivity contribution >= 4 is 23.1 Å². The zero-order chi connectivity index (χ0) is 18.6. The van der Waals surface area contributed by atoms with Crippen molar-refractivity contribution < 1.29 is 23.2 Å². The molecule has 2 N–H and O–H groups in total. The van der Waals surface area contributed by atoms with Crippen molar-refractivity contribution in [3.63, 3.8) is 0 Å². The molecule has 0 aliphatic carbocycles. The van der Waals surface area contributed by atoms with Crippen molar-refractivity contribution in [3.8, 4) is 0 Å². The standard InChI is InChI=1S/C17H21F3N2O2S/c1-2-3-4-5-11-6-7-12(10-13(11)17(18,19)20)16(25)22-9-8-14(22)15(23)21-24/h6-7,10,14,24H,2-5,8-9H2,1H3,(H,21,23)/t14-/m1/s1. The smallest absolute Gasteiger partial charge is 0.350 e. The number of unbranched alkanes of at least 4 members (excludes halogenated alkanes) is 2. The van der Waals surface area contributed by atoms with Gasteiger partial charge in [0.2, 0.25) is 0 Å². The Bertz CT molecular complexity index is 649. The van der Waals surface area contributed by atoms with Crippen molar-refractivity contribution in [3.05, 3.63) is 34.9 Å². The maximum Gasteiger partial charge on any atom is 0.416 e. The SMILES string of the molecule is CCCCCc1ccc(C(=S)N2CC[C@@H]2C(=O)NO)cc1C(F)(F)F. The third-order valence-electron chi connectivity index (χ3n) is 4.41. The molecule has 0 spiro atoms. The van der Waals surface area contributed by atoms with Crippen LogP contribution in [0.4, 0.5) is 13.2 Å². The minimum Gasteiger partial charge on any atom is -0.350 e.